The maximum atomic E-state index is 12.9. The predicted molar refractivity (Wildman–Crippen MR) is 126 cm³/mol. The fourth-order valence-corrected chi connectivity index (χ4v) is 3.68. The SMILES string of the molecule is Cc1nnc(-c2cc(C(C)C)n(-c3cccc(C(=O)N[C@@H](C)c4ccc(Br)cc4)c3)n2)o1. The zero-order chi connectivity index (χ0) is 22.8. The Morgan fingerprint density at radius 1 is 1.06 bits per heavy atom. The van der Waals surface area contributed by atoms with E-state index in [0.29, 0.717) is 23.0 Å². The van der Waals surface area contributed by atoms with E-state index in [1.807, 2.05) is 60.1 Å². The van der Waals surface area contributed by atoms with Gasteiger partial charge in [0.25, 0.3) is 11.8 Å². The molecule has 0 aliphatic carbocycles. The second kappa shape index (κ2) is 9.08. The summed E-state index contributed by atoms with van der Waals surface area (Å²) in [6.45, 7) is 7.89. The summed E-state index contributed by atoms with van der Waals surface area (Å²) in [5.74, 6) is 0.919. The van der Waals surface area contributed by atoms with Crippen LogP contribution in [-0.4, -0.2) is 25.9 Å². The van der Waals surface area contributed by atoms with Gasteiger partial charge in [-0.3, -0.25) is 4.79 Å². The summed E-state index contributed by atoms with van der Waals surface area (Å²) in [4.78, 5) is 12.9. The smallest absolute Gasteiger partial charge is 0.268 e. The van der Waals surface area contributed by atoms with Crippen LogP contribution in [-0.2, 0) is 0 Å². The Morgan fingerprint density at radius 3 is 2.47 bits per heavy atom. The number of nitrogens with one attached hydrogen (secondary N) is 1. The molecule has 4 aromatic rings. The standard InChI is InChI=1S/C24H24BrN5O2/c1-14(2)22-13-21(24-28-27-16(4)32-24)29-30(22)20-7-5-6-18(12-20)23(31)26-15(3)17-8-10-19(25)11-9-17/h5-15H,1-4H3,(H,26,31)/t15-/m0/s1. The minimum atomic E-state index is -0.145. The van der Waals surface area contributed by atoms with Gasteiger partial charge in [0.15, 0.2) is 0 Å². The fraction of sp³-hybridized carbons (Fsp3) is 0.250. The highest BCUT2D eigenvalue weighted by Crippen LogP contribution is 2.26. The van der Waals surface area contributed by atoms with E-state index in [2.05, 4.69) is 50.4 Å². The van der Waals surface area contributed by atoms with Crippen molar-refractivity contribution in [1.82, 2.24) is 25.3 Å². The molecule has 2 aromatic carbocycles. The van der Waals surface area contributed by atoms with E-state index in [-0.39, 0.29) is 17.9 Å². The number of nitrogens with zero attached hydrogens (tertiary/aromatic N) is 4. The Bertz CT molecular complexity index is 1240. The van der Waals surface area contributed by atoms with E-state index in [1.54, 1.807) is 13.0 Å². The van der Waals surface area contributed by atoms with Gasteiger partial charge in [0.2, 0.25) is 5.89 Å². The van der Waals surface area contributed by atoms with E-state index in [4.69, 9.17) is 4.42 Å². The summed E-state index contributed by atoms with van der Waals surface area (Å²) in [6.07, 6.45) is 0. The summed E-state index contributed by atoms with van der Waals surface area (Å²) in [6, 6.07) is 17.2. The molecule has 0 aliphatic heterocycles. The summed E-state index contributed by atoms with van der Waals surface area (Å²) in [5.41, 5.74) is 3.98. The van der Waals surface area contributed by atoms with Crippen molar-refractivity contribution >= 4 is 21.8 Å². The Balaban J connectivity index is 1.61. The summed E-state index contributed by atoms with van der Waals surface area (Å²) in [5, 5.41) is 15.7. The third kappa shape index (κ3) is 4.65. The molecule has 0 unspecified atom stereocenters. The van der Waals surface area contributed by atoms with Gasteiger partial charge in [-0.15, -0.1) is 10.2 Å². The Kier molecular flexibility index (Phi) is 6.23. The molecule has 1 amide bonds. The second-order valence-electron chi connectivity index (χ2n) is 7.94. The van der Waals surface area contributed by atoms with Crippen molar-refractivity contribution < 1.29 is 9.21 Å². The van der Waals surface area contributed by atoms with Gasteiger partial charge in [-0.2, -0.15) is 5.10 Å². The number of hydrogen-bond acceptors (Lipinski definition) is 5. The maximum absolute atomic E-state index is 12.9. The lowest BCUT2D eigenvalue weighted by molar-refractivity contribution is 0.0940. The van der Waals surface area contributed by atoms with Gasteiger partial charge < -0.3 is 9.73 Å². The van der Waals surface area contributed by atoms with E-state index in [0.717, 1.165) is 21.4 Å². The highest BCUT2D eigenvalue weighted by Gasteiger charge is 2.19. The van der Waals surface area contributed by atoms with Crippen molar-refractivity contribution in [1.29, 1.82) is 0 Å². The van der Waals surface area contributed by atoms with Crippen molar-refractivity contribution in [3.63, 3.8) is 0 Å². The number of rotatable bonds is 6. The van der Waals surface area contributed by atoms with Crippen LogP contribution in [0.2, 0.25) is 0 Å². The molecule has 0 spiro atoms. The molecule has 1 atom stereocenters. The summed E-state index contributed by atoms with van der Waals surface area (Å²) in [7, 11) is 0. The number of halogens is 1. The van der Waals surface area contributed by atoms with Gasteiger partial charge in [0, 0.05) is 22.7 Å². The average molecular weight is 494 g/mol. The number of aromatic nitrogens is 4. The maximum Gasteiger partial charge on any atom is 0.268 e. The number of carbonyl (C=O) groups excluding carboxylic acids is 1. The molecule has 7 nitrogen and oxygen atoms in total. The zero-order valence-corrected chi connectivity index (χ0v) is 19.9. The van der Waals surface area contributed by atoms with Crippen LogP contribution in [0.3, 0.4) is 0 Å². The van der Waals surface area contributed by atoms with E-state index < -0.39 is 0 Å². The highest BCUT2D eigenvalue weighted by atomic mass is 79.9. The molecule has 8 heteroatoms. The van der Waals surface area contributed by atoms with Crippen molar-refractivity contribution in [2.24, 2.45) is 0 Å². The zero-order valence-electron chi connectivity index (χ0n) is 18.3. The molecule has 4 rings (SSSR count). The molecule has 0 radical (unpaired) electrons. The lowest BCUT2D eigenvalue weighted by Crippen LogP contribution is -2.26. The number of benzene rings is 2. The molecule has 2 heterocycles. The molecule has 0 fully saturated rings. The minimum Gasteiger partial charge on any atom is -0.420 e. The molecule has 2 aromatic heterocycles. The van der Waals surface area contributed by atoms with Crippen LogP contribution < -0.4 is 5.32 Å². The van der Waals surface area contributed by atoms with E-state index in [1.165, 1.54) is 0 Å². The van der Waals surface area contributed by atoms with Gasteiger partial charge in [0.05, 0.1) is 11.7 Å². The van der Waals surface area contributed by atoms with Crippen molar-refractivity contribution in [3.8, 4) is 17.3 Å². The van der Waals surface area contributed by atoms with Crippen LogP contribution in [0, 0.1) is 6.92 Å². The van der Waals surface area contributed by atoms with Gasteiger partial charge >= 0.3 is 0 Å². The van der Waals surface area contributed by atoms with Crippen LogP contribution in [0.15, 0.2) is 63.5 Å². The molecule has 1 N–H and O–H groups in total. The fourth-order valence-electron chi connectivity index (χ4n) is 3.41. The molecule has 0 saturated carbocycles. The first-order chi connectivity index (χ1) is 15.3. The van der Waals surface area contributed by atoms with Gasteiger partial charge in [-0.1, -0.05) is 48.0 Å². The van der Waals surface area contributed by atoms with Crippen molar-refractivity contribution in [3.05, 3.63) is 81.8 Å². The van der Waals surface area contributed by atoms with Gasteiger partial charge in [-0.05, 0) is 54.8 Å². The van der Waals surface area contributed by atoms with Gasteiger partial charge in [-0.25, -0.2) is 4.68 Å². The number of carbonyl (C=O) groups is 1. The lowest BCUT2D eigenvalue weighted by atomic mass is 10.1. The highest BCUT2D eigenvalue weighted by molar-refractivity contribution is 9.10. The molecule has 32 heavy (non-hydrogen) atoms. The van der Waals surface area contributed by atoms with Crippen LogP contribution in [0.25, 0.3) is 17.3 Å². The minimum absolute atomic E-state index is 0.123. The molecular formula is C24H24BrN5O2. The lowest BCUT2D eigenvalue weighted by Gasteiger charge is -2.15. The summed E-state index contributed by atoms with van der Waals surface area (Å²) >= 11 is 3.44. The number of hydrogen-bond donors (Lipinski definition) is 1. The van der Waals surface area contributed by atoms with E-state index in [9.17, 15) is 4.79 Å². The molecule has 0 bridgehead atoms. The normalized spacial score (nSPS) is 12.2. The molecule has 164 valence electrons. The van der Waals surface area contributed by atoms with Crippen molar-refractivity contribution in [2.45, 2.75) is 39.7 Å². The molecule has 0 saturated heterocycles. The monoisotopic (exact) mass is 493 g/mol. The first-order valence-corrected chi connectivity index (χ1v) is 11.2. The second-order valence-corrected chi connectivity index (χ2v) is 8.86. The number of aryl methyl sites for hydroxylation is 1. The topological polar surface area (TPSA) is 85.8 Å². The first-order valence-electron chi connectivity index (χ1n) is 10.4. The van der Waals surface area contributed by atoms with E-state index >= 15 is 0 Å². The van der Waals surface area contributed by atoms with Crippen LogP contribution in [0.5, 0.6) is 0 Å². The summed E-state index contributed by atoms with van der Waals surface area (Å²) < 4.78 is 8.37. The Hall–Kier alpha value is -3.26. The molecule has 0 aliphatic rings. The Labute approximate surface area is 195 Å². The Morgan fingerprint density at radius 2 is 1.81 bits per heavy atom. The van der Waals surface area contributed by atoms with Crippen LogP contribution >= 0.6 is 15.9 Å². The van der Waals surface area contributed by atoms with Crippen LogP contribution in [0.1, 0.15) is 60.2 Å². The molecular weight excluding hydrogens is 470 g/mol. The average Bonchev–Trinajstić information content (AvgIpc) is 3.41. The predicted octanol–water partition coefficient (Wildman–Crippen LogP) is 5.61. The largest absolute Gasteiger partial charge is 0.420 e. The van der Waals surface area contributed by atoms with Crippen molar-refractivity contribution in [2.75, 3.05) is 0 Å². The third-order valence-electron chi connectivity index (χ3n) is 5.14. The first kappa shape index (κ1) is 22.0. The number of amides is 1. The van der Waals surface area contributed by atoms with Crippen LogP contribution in [0.4, 0.5) is 0 Å². The van der Waals surface area contributed by atoms with Gasteiger partial charge in [0.1, 0.15) is 5.69 Å². The third-order valence-corrected chi connectivity index (χ3v) is 5.67. The quantitative estimate of drug-likeness (QED) is 0.377.